The number of ether oxygens (including phenoxy) is 2. The number of carbonyl (C=O) groups excluding carboxylic acids is 2. The van der Waals surface area contributed by atoms with Crippen LogP contribution < -0.4 is 16.4 Å². The molecule has 0 aromatic heterocycles. The number of halogens is 2. The van der Waals surface area contributed by atoms with E-state index >= 15 is 0 Å². The Morgan fingerprint density at radius 2 is 1.90 bits per heavy atom. The summed E-state index contributed by atoms with van der Waals surface area (Å²) in [6, 6.07) is -3.63. The van der Waals surface area contributed by atoms with Gasteiger partial charge in [-0.15, -0.1) is 0 Å². The first-order valence-electron chi connectivity index (χ1n) is 8.98. The molecule has 1 amide bonds. The summed E-state index contributed by atoms with van der Waals surface area (Å²) in [6.07, 6.45) is -8.56. The lowest BCUT2D eigenvalue weighted by atomic mass is 9.86. The zero-order valence-electron chi connectivity index (χ0n) is 16.3. The standard InChI is InChI=1S/C16H26F2N4O8/c1-3-4-8(25)29-5-7(24)11(26)12-9(21-6(2)23)10(22-15(19)20)13(17)16(18,30-12)14(27)28/h7,9-13,24,26H,3-5H2,1-2H3,(H,21,23)(H,27,28)(H4,19,20,22)/t7-,9-,10+,11-,12?,13?,16-/m1/s1. The van der Waals surface area contributed by atoms with E-state index in [-0.39, 0.29) is 6.42 Å². The maximum absolute atomic E-state index is 14.8. The number of nitrogens with two attached hydrogens (primary N) is 1. The Hall–Kier alpha value is -2.58. The number of esters is 1. The highest BCUT2D eigenvalue weighted by Crippen LogP contribution is 2.36. The van der Waals surface area contributed by atoms with Crippen molar-refractivity contribution >= 4 is 23.8 Å². The van der Waals surface area contributed by atoms with Gasteiger partial charge in [-0.05, 0) is 6.42 Å². The molecule has 172 valence electrons. The van der Waals surface area contributed by atoms with Gasteiger partial charge in [0.25, 0.3) is 0 Å². The first kappa shape index (κ1) is 25.5. The van der Waals surface area contributed by atoms with Gasteiger partial charge in [0.15, 0.2) is 12.1 Å². The van der Waals surface area contributed by atoms with Crippen LogP contribution in [0.5, 0.6) is 0 Å². The summed E-state index contributed by atoms with van der Waals surface area (Å²) >= 11 is 0. The van der Waals surface area contributed by atoms with E-state index in [0.29, 0.717) is 6.42 Å². The molecule has 1 fully saturated rings. The molecule has 14 heteroatoms. The van der Waals surface area contributed by atoms with Crippen molar-refractivity contribution in [1.29, 1.82) is 5.41 Å². The number of nitrogens with one attached hydrogen (secondary N) is 3. The number of carbonyl (C=O) groups is 3. The molecule has 0 aromatic carbocycles. The van der Waals surface area contributed by atoms with Crippen LogP contribution in [0.25, 0.3) is 0 Å². The fourth-order valence-corrected chi connectivity index (χ4v) is 2.93. The predicted molar refractivity (Wildman–Crippen MR) is 95.6 cm³/mol. The SMILES string of the molecule is CCCC(=O)OC[C@@H](O)[C@@H](O)C1O[C@@](F)(C(=O)O)C(F)[C@@H](NC(=N)N)[C@H]1NC(C)=O. The van der Waals surface area contributed by atoms with Gasteiger partial charge in [-0.25, -0.2) is 9.18 Å². The van der Waals surface area contributed by atoms with Gasteiger partial charge in [0.2, 0.25) is 5.91 Å². The van der Waals surface area contributed by atoms with E-state index in [1.807, 2.05) is 5.32 Å². The minimum atomic E-state index is -4.01. The number of alkyl halides is 2. The number of hydrogen-bond acceptors (Lipinski definition) is 8. The van der Waals surface area contributed by atoms with Crippen molar-refractivity contribution in [3.05, 3.63) is 0 Å². The molecule has 7 atom stereocenters. The molecule has 0 spiro atoms. The number of aliphatic carboxylic acids is 1. The van der Waals surface area contributed by atoms with Crippen molar-refractivity contribution in [2.24, 2.45) is 5.73 Å². The lowest BCUT2D eigenvalue weighted by Crippen LogP contribution is -2.74. The molecule has 1 heterocycles. The number of amides is 1. The topological polar surface area (TPSA) is 204 Å². The lowest BCUT2D eigenvalue weighted by Gasteiger charge is -2.47. The highest BCUT2D eigenvalue weighted by atomic mass is 19.2. The van der Waals surface area contributed by atoms with Crippen molar-refractivity contribution < 1.29 is 48.0 Å². The molecule has 0 radical (unpaired) electrons. The van der Waals surface area contributed by atoms with Crippen molar-refractivity contribution in [2.75, 3.05) is 6.61 Å². The number of aliphatic hydroxyl groups excluding tert-OH is 2. The summed E-state index contributed by atoms with van der Waals surface area (Å²) in [5.74, 6) is -8.76. The van der Waals surface area contributed by atoms with Gasteiger partial charge in [-0.3, -0.25) is 15.0 Å². The van der Waals surface area contributed by atoms with Crippen molar-refractivity contribution in [3.8, 4) is 0 Å². The zero-order valence-corrected chi connectivity index (χ0v) is 16.3. The quantitative estimate of drug-likeness (QED) is 0.118. The van der Waals surface area contributed by atoms with Crippen LogP contribution in [-0.4, -0.2) is 88.2 Å². The van der Waals surface area contributed by atoms with Gasteiger partial charge in [0.05, 0.1) is 12.1 Å². The molecule has 1 rings (SSSR count). The smallest absolute Gasteiger partial charge is 0.372 e. The van der Waals surface area contributed by atoms with Crippen LogP contribution in [0.1, 0.15) is 26.7 Å². The van der Waals surface area contributed by atoms with Crippen LogP contribution >= 0.6 is 0 Å². The molecule has 0 aromatic rings. The van der Waals surface area contributed by atoms with Crippen LogP contribution in [0.15, 0.2) is 0 Å². The fraction of sp³-hybridized carbons (Fsp3) is 0.750. The van der Waals surface area contributed by atoms with E-state index in [1.165, 1.54) is 0 Å². The third-order valence-corrected chi connectivity index (χ3v) is 4.30. The summed E-state index contributed by atoms with van der Waals surface area (Å²) in [5, 5.41) is 41.0. The molecule has 2 unspecified atom stereocenters. The number of carboxylic acids is 1. The Kier molecular flexibility index (Phi) is 8.87. The van der Waals surface area contributed by atoms with E-state index in [9.17, 15) is 33.4 Å². The Balaban J connectivity index is 3.23. The number of hydrogen-bond donors (Lipinski definition) is 7. The van der Waals surface area contributed by atoms with Gasteiger partial charge in [-0.2, -0.15) is 4.39 Å². The lowest BCUT2D eigenvalue weighted by molar-refractivity contribution is -0.277. The monoisotopic (exact) mass is 440 g/mol. The summed E-state index contributed by atoms with van der Waals surface area (Å²) in [6.45, 7) is 1.94. The molecule has 30 heavy (non-hydrogen) atoms. The van der Waals surface area contributed by atoms with Gasteiger partial charge >= 0.3 is 17.8 Å². The van der Waals surface area contributed by atoms with Gasteiger partial charge in [0.1, 0.15) is 24.9 Å². The number of guanidine groups is 1. The third-order valence-electron chi connectivity index (χ3n) is 4.30. The van der Waals surface area contributed by atoms with Gasteiger partial charge in [0, 0.05) is 13.3 Å². The van der Waals surface area contributed by atoms with Crippen LogP contribution in [0.2, 0.25) is 0 Å². The Morgan fingerprint density at radius 3 is 2.37 bits per heavy atom. The van der Waals surface area contributed by atoms with Crippen LogP contribution in [0.4, 0.5) is 8.78 Å². The largest absolute Gasteiger partial charge is 0.477 e. The molecule has 8 N–H and O–H groups in total. The molecule has 0 saturated carbocycles. The molecular formula is C16H26F2N4O8. The second-order valence-corrected chi connectivity index (χ2v) is 6.74. The van der Waals surface area contributed by atoms with Gasteiger partial charge < -0.3 is 41.2 Å². The zero-order chi connectivity index (χ0) is 23.2. The molecule has 1 saturated heterocycles. The summed E-state index contributed by atoms with van der Waals surface area (Å²) in [5.41, 5.74) is 5.15. The fourth-order valence-electron chi connectivity index (χ4n) is 2.93. The van der Waals surface area contributed by atoms with E-state index in [4.69, 9.17) is 21.0 Å². The Morgan fingerprint density at radius 1 is 1.30 bits per heavy atom. The van der Waals surface area contributed by atoms with Crippen molar-refractivity contribution in [2.45, 2.75) is 69.1 Å². The second kappa shape index (κ2) is 10.4. The number of aliphatic hydroxyl groups is 2. The molecule has 0 aliphatic carbocycles. The number of carboxylic acid groups (broad SMARTS) is 1. The molecule has 1 aliphatic rings. The van der Waals surface area contributed by atoms with Gasteiger partial charge in [-0.1, -0.05) is 6.92 Å². The first-order valence-corrected chi connectivity index (χ1v) is 8.98. The molecule has 0 bridgehead atoms. The average molecular weight is 440 g/mol. The summed E-state index contributed by atoms with van der Waals surface area (Å²) in [7, 11) is 0. The van der Waals surface area contributed by atoms with Crippen LogP contribution in [0, 0.1) is 5.41 Å². The van der Waals surface area contributed by atoms with E-state index in [2.05, 4.69) is 10.1 Å². The highest BCUT2D eigenvalue weighted by molar-refractivity contribution is 5.79. The molecule has 12 nitrogen and oxygen atoms in total. The maximum Gasteiger partial charge on any atom is 0.372 e. The van der Waals surface area contributed by atoms with Crippen molar-refractivity contribution in [1.82, 2.24) is 10.6 Å². The number of rotatable bonds is 9. The third kappa shape index (κ3) is 5.96. The first-order chi connectivity index (χ1) is 13.8. The van der Waals surface area contributed by atoms with Crippen molar-refractivity contribution in [3.63, 3.8) is 0 Å². The summed E-state index contributed by atoms with van der Waals surface area (Å²) < 4.78 is 39.0. The average Bonchev–Trinajstić information content (AvgIpc) is 2.64. The van der Waals surface area contributed by atoms with Crippen LogP contribution in [-0.2, 0) is 23.9 Å². The Bertz CT molecular complexity index is 669. The maximum atomic E-state index is 14.8. The predicted octanol–water partition coefficient (Wildman–Crippen LogP) is -2.10. The summed E-state index contributed by atoms with van der Waals surface area (Å²) in [4.78, 5) is 34.3. The van der Waals surface area contributed by atoms with E-state index < -0.39 is 72.8 Å². The van der Waals surface area contributed by atoms with Crippen LogP contribution in [0.3, 0.4) is 0 Å². The van der Waals surface area contributed by atoms with E-state index in [1.54, 1.807) is 6.92 Å². The molecule has 1 aliphatic heterocycles. The highest BCUT2D eigenvalue weighted by Gasteiger charge is 2.63. The van der Waals surface area contributed by atoms with E-state index in [0.717, 1.165) is 6.92 Å². The second-order valence-electron chi connectivity index (χ2n) is 6.74. The Labute approximate surface area is 170 Å². The molecular weight excluding hydrogens is 414 g/mol. The minimum absolute atomic E-state index is 0.0258. The normalized spacial score (nSPS) is 30.6. The minimum Gasteiger partial charge on any atom is -0.477 e.